The molecule has 0 aliphatic carbocycles. The summed E-state index contributed by atoms with van der Waals surface area (Å²) in [6.45, 7) is 0.137. The molecule has 0 unspecified atom stereocenters. The summed E-state index contributed by atoms with van der Waals surface area (Å²) in [4.78, 5) is 12.6. The molecule has 0 saturated carbocycles. The van der Waals surface area contributed by atoms with Crippen LogP contribution in [-0.4, -0.2) is 21.9 Å². The van der Waals surface area contributed by atoms with E-state index in [-0.39, 0.29) is 29.5 Å². The molecule has 1 aliphatic heterocycles. The van der Waals surface area contributed by atoms with Crippen molar-refractivity contribution in [2.75, 3.05) is 5.32 Å². The highest BCUT2D eigenvalue weighted by molar-refractivity contribution is 6.36. The maximum absolute atomic E-state index is 13.9. The summed E-state index contributed by atoms with van der Waals surface area (Å²) in [6.07, 6.45) is -4.91. The van der Waals surface area contributed by atoms with Crippen molar-refractivity contribution in [3.05, 3.63) is 80.4 Å². The summed E-state index contributed by atoms with van der Waals surface area (Å²) >= 11 is 18.1. The normalized spacial score (nSPS) is 18.1. The Morgan fingerprint density at radius 2 is 1.66 bits per heavy atom. The number of carbonyl (C=O) groups is 1. The highest BCUT2D eigenvalue weighted by Crippen LogP contribution is 2.46. The standard InChI is InChI=1S/C21H16Cl3F3N4O/c22-13-5-1-11(2-6-13)10-28-20(32)18-17(24)19-29-15(12-3-7-14(23)8-4-12)9-16(21(25,26)27)31(19)30-18/h1-8,15-16,29H,9-10H2,(H,28,32)/t15-,16+/m0/s1. The lowest BCUT2D eigenvalue weighted by molar-refractivity contribution is -0.173. The van der Waals surface area contributed by atoms with Gasteiger partial charge in [-0.2, -0.15) is 18.3 Å². The first-order chi connectivity index (χ1) is 15.1. The Kier molecular flexibility index (Phi) is 6.29. The van der Waals surface area contributed by atoms with E-state index in [0.29, 0.717) is 15.6 Å². The molecule has 1 aromatic heterocycles. The molecule has 0 spiro atoms. The Morgan fingerprint density at radius 1 is 1.06 bits per heavy atom. The first kappa shape index (κ1) is 22.8. The van der Waals surface area contributed by atoms with Gasteiger partial charge in [0.2, 0.25) is 0 Å². The lowest BCUT2D eigenvalue weighted by Gasteiger charge is -2.33. The largest absolute Gasteiger partial charge is 0.410 e. The number of halogens is 6. The van der Waals surface area contributed by atoms with Crippen LogP contribution in [0.3, 0.4) is 0 Å². The van der Waals surface area contributed by atoms with Crippen LogP contribution in [0.2, 0.25) is 15.1 Å². The molecule has 11 heteroatoms. The lowest BCUT2D eigenvalue weighted by atomic mass is 9.97. The summed E-state index contributed by atoms with van der Waals surface area (Å²) in [7, 11) is 0. The van der Waals surface area contributed by atoms with E-state index in [0.717, 1.165) is 10.2 Å². The first-order valence-corrected chi connectivity index (χ1v) is 10.7. The minimum atomic E-state index is -4.59. The van der Waals surface area contributed by atoms with Crippen molar-refractivity contribution in [2.24, 2.45) is 0 Å². The first-order valence-electron chi connectivity index (χ1n) is 9.53. The van der Waals surface area contributed by atoms with Gasteiger partial charge in [0.25, 0.3) is 5.91 Å². The lowest BCUT2D eigenvalue weighted by Crippen LogP contribution is -2.35. The van der Waals surface area contributed by atoms with Crippen LogP contribution >= 0.6 is 34.8 Å². The molecule has 4 rings (SSSR count). The number of hydrogen-bond donors (Lipinski definition) is 2. The fourth-order valence-corrected chi connectivity index (χ4v) is 4.03. The maximum Gasteiger partial charge on any atom is 0.410 e. The second-order valence-corrected chi connectivity index (χ2v) is 8.56. The Morgan fingerprint density at radius 3 is 2.25 bits per heavy atom. The monoisotopic (exact) mass is 502 g/mol. The van der Waals surface area contributed by atoms with E-state index < -0.39 is 24.2 Å². The van der Waals surface area contributed by atoms with Crippen LogP contribution < -0.4 is 10.6 Å². The number of rotatable bonds is 4. The number of anilines is 1. The van der Waals surface area contributed by atoms with Gasteiger partial charge >= 0.3 is 6.18 Å². The molecular weight excluding hydrogens is 488 g/mol. The van der Waals surface area contributed by atoms with Crippen LogP contribution in [0, 0.1) is 0 Å². The number of nitrogens with one attached hydrogen (secondary N) is 2. The average molecular weight is 504 g/mol. The molecule has 1 aliphatic rings. The van der Waals surface area contributed by atoms with Gasteiger partial charge < -0.3 is 10.6 Å². The molecule has 1 amide bonds. The Bertz CT molecular complexity index is 1130. The molecular formula is C21H16Cl3F3N4O. The molecule has 3 aromatic rings. The van der Waals surface area contributed by atoms with Gasteiger partial charge in [0.1, 0.15) is 10.8 Å². The number of nitrogens with zero attached hydrogens (tertiary/aromatic N) is 2. The van der Waals surface area contributed by atoms with E-state index in [4.69, 9.17) is 34.8 Å². The van der Waals surface area contributed by atoms with E-state index >= 15 is 0 Å². The SMILES string of the molecule is O=C(NCc1ccc(Cl)cc1)c1nn2c(c1Cl)N[C@H](c1ccc(Cl)cc1)C[C@@H]2C(F)(F)F. The summed E-state index contributed by atoms with van der Waals surface area (Å²) in [5.74, 6) is -0.741. The highest BCUT2D eigenvalue weighted by atomic mass is 35.5. The second-order valence-electron chi connectivity index (χ2n) is 7.31. The van der Waals surface area contributed by atoms with Crippen molar-refractivity contribution < 1.29 is 18.0 Å². The van der Waals surface area contributed by atoms with E-state index in [1.165, 1.54) is 0 Å². The zero-order valence-corrected chi connectivity index (χ0v) is 18.5. The van der Waals surface area contributed by atoms with Crippen LogP contribution in [0.1, 0.15) is 40.1 Å². The van der Waals surface area contributed by atoms with Gasteiger partial charge in [-0.05, 0) is 35.4 Å². The summed E-state index contributed by atoms with van der Waals surface area (Å²) in [5, 5.41) is 10.4. The van der Waals surface area contributed by atoms with Gasteiger partial charge in [0.05, 0.1) is 6.04 Å². The van der Waals surface area contributed by atoms with Gasteiger partial charge in [-0.25, -0.2) is 4.68 Å². The summed E-state index contributed by atoms with van der Waals surface area (Å²) in [6, 6.07) is 10.6. The van der Waals surface area contributed by atoms with Crippen LogP contribution in [0.5, 0.6) is 0 Å². The number of fused-ring (bicyclic) bond motifs is 1. The second kappa shape index (κ2) is 8.84. The quantitative estimate of drug-likeness (QED) is 0.431. The minimum Gasteiger partial charge on any atom is -0.362 e. The Balaban J connectivity index is 1.62. The third-order valence-electron chi connectivity index (χ3n) is 5.15. The molecule has 5 nitrogen and oxygen atoms in total. The van der Waals surface area contributed by atoms with Crippen molar-refractivity contribution in [3.63, 3.8) is 0 Å². The number of alkyl halides is 3. The van der Waals surface area contributed by atoms with E-state index in [9.17, 15) is 18.0 Å². The summed E-state index contributed by atoms with van der Waals surface area (Å²) < 4.78 is 42.3. The van der Waals surface area contributed by atoms with Crippen LogP contribution in [0.25, 0.3) is 0 Å². The molecule has 0 bridgehead atoms. The third kappa shape index (κ3) is 4.67. The Labute approximate surface area is 196 Å². The zero-order valence-electron chi connectivity index (χ0n) is 16.3. The molecule has 32 heavy (non-hydrogen) atoms. The number of benzene rings is 2. The molecule has 2 atom stereocenters. The molecule has 0 fully saturated rings. The smallest absolute Gasteiger partial charge is 0.362 e. The average Bonchev–Trinajstić information content (AvgIpc) is 3.09. The van der Waals surface area contributed by atoms with Gasteiger partial charge in [0, 0.05) is 23.0 Å². The highest BCUT2D eigenvalue weighted by Gasteiger charge is 2.47. The van der Waals surface area contributed by atoms with Crippen molar-refractivity contribution >= 4 is 46.5 Å². The van der Waals surface area contributed by atoms with Crippen molar-refractivity contribution in [1.82, 2.24) is 15.1 Å². The molecule has 0 radical (unpaired) electrons. The van der Waals surface area contributed by atoms with Crippen LogP contribution in [0.15, 0.2) is 48.5 Å². The number of hydrogen-bond acceptors (Lipinski definition) is 3. The molecule has 2 N–H and O–H groups in total. The predicted molar refractivity (Wildman–Crippen MR) is 117 cm³/mol. The van der Waals surface area contributed by atoms with E-state index in [1.54, 1.807) is 48.5 Å². The van der Waals surface area contributed by atoms with Crippen LogP contribution in [0.4, 0.5) is 19.0 Å². The summed E-state index contributed by atoms with van der Waals surface area (Å²) in [5.41, 5.74) is 1.09. The molecule has 0 saturated heterocycles. The van der Waals surface area contributed by atoms with Crippen molar-refractivity contribution in [1.29, 1.82) is 0 Å². The fraction of sp³-hybridized carbons (Fsp3) is 0.238. The van der Waals surface area contributed by atoms with Gasteiger partial charge in [-0.1, -0.05) is 59.1 Å². The number of carbonyl (C=O) groups excluding carboxylic acids is 1. The molecule has 168 valence electrons. The Hall–Kier alpha value is -2.42. The maximum atomic E-state index is 13.9. The van der Waals surface area contributed by atoms with Gasteiger partial charge in [-0.15, -0.1) is 0 Å². The molecule has 2 heterocycles. The van der Waals surface area contributed by atoms with E-state index in [1.807, 2.05) is 0 Å². The fourth-order valence-electron chi connectivity index (χ4n) is 3.52. The third-order valence-corrected chi connectivity index (χ3v) is 6.01. The molecule has 2 aromatic carbocycles. The van der Waals surface area contributed by atoms with Gasteiger partial charge in [-0.3, -0.25) is 4.79 Å². The predicted octanol–water partition coefficient (Wildman–Crippen LogP) is 6.43. The van der Waals surface area contributed by atoms with Crippen molar-refractivity contribution in [2.45, 2.75) is 31.2 Å². The van der Waals surface area contributed by atoms with Crippen LogP contribution in [-0.2, 0) is 6.54 Å². The topological polar surface area (TPSA) is 59.0 Å². The van der Waals surface area contributed by atoms with Gasteiger partial charge in [0.15, 0.2) is 11.7 Å². The minimum absolute atomic E-state index is 0.0585. The van der Waals surface area contributed by atoms with Crippen molar-refractivity contribution in [3.8, 4) is 0 Å². The number of aromatic nitrogens is 2. The zero-order chi connectivity index (χ0) is 23.0. The number of amides is 1. The van der Waals surface area contributed by atoms with E-state index in [2.05, 4.69) is 15.7 Å².